The van der Waals surface area contributed by atoms with Crippen molar-refractivity contribution in [2.75, 3.05) is 13.7 Å². The van der Waals surface area contributed by atoms with Crippen LogP contribution in [0.3, 0.4) is 0 Å². The van der Waals surface area contributed by atoms with Gasteiger partial charge in [-0.1, -0.05) is 36.9 Å². The largest absolute Gasteiger partial charge is 0.494 e. The van der Waals surface area contributed by atoms with E-state index in [0.29, 0.717) is 23.6 Å². The van der Waals surface area contributed by atoms with Crippen molar-refractivity contribution in [1.29, 1.82) is 0 Å². The Morgan fingerprint density at radius 3 is 2.31 bits per heavy atom. The quantitative estimate of drug-likeness (QED) is 0.607. The number of ether oxygens (including phenoxy) is 1. The van der Waals surface area contributed by atoms with Gasteiger partial charge < -0.3 is 9.64 Å². The fourth-order valence-corrected chi connectivity index (χ4v) is 3.42. The van der Waals surface area contributed by atoms with Crippen LogP contribution in [0.1, 0.15) is 18.1 Å². The zero-order valence-corrected chi connectivity index (χ0v) is 16.1. The van der Waals surface area contributed by atoms with Gasteiger partial charge in [0.1, 0.15) is 17.4 Å². The highest BCUT2D eigenvalue weighted by Crippen LogP contribution is 2.42. The molecule has 134 valence electrons. The molecule has 0 radical (unpaired) electrons. The van der Waals surface area contributed by atoms with Crippen molar-refractivity contribution in [3.63, 3.8) is 0 Å². The van der Waals surface area contributed by atoms with Crippen molar-refractivity contribution in [3.8, 4) is 5.75 Å². The number of hydrogen-bond donors (Lipinski definition) is 0. The van der Waals surface area contributed by atoms with E-state index in [9.17, 15) is 8.78 Å². The Hall–Kier alpha value is -2.40. The van der Waals surface area contributed by atoms with E-state index in [1.54, 1.807) is 18.9 Å². The van der Waals surface area contributed by atoms with Gasteiger partial charge in [0.2, 0.25) is 0 Å². The minimum atomic E-state index is -0.678. The zero-order valence-electron chi connectivity index (χ0n) is 14.5. The summed E-state index contributed by atoms with van der Waals surface area (Å²) < 4.78 is 35.7. The minimum Gasteiger partial charge on any atom is -0.494 e. The lowest BCUT2D eigenvalue weighted by molar-refractivity contribution is 0.335. The van der Waals surface area contributed by atoms with E-state index in [1.165, 1.54) is 12.1 Å². The van der Waals surface area contributed by atoms with Gasteiger partial charge in [-0.05, 0) is 34.5 Å². The Morgan fingerprint density at radius 2 is 1.73 bits per heavy atom. The summed E-state index contributed by atoms with van der Waals surface area (Å²) in [5.74, 6) is -1.19. The Morgan fingerprint density at radius 1 is 1.12 bits per heavy atom. The van der Waals surface area contributed by atoms with Crippen molar-refractivity contribution in [1.82, 2.24) is 4.90 Å². The van der Waals surface area contributed by atoms with Crippen molar-refractivity contribution in [3.05, 3.63) is 88.1 Å². The van der Waals surface area contributed by atoms with Gasteiger partial charge >= 0.3 is 0 Å². The molecule has 2 aromatic carbocycles. The molecule has 5 heteroatoms. The van der Waals surface area contributed by atoms with Gasteiger partial charge in [-0.2, -0.15) is 0 Å². The summed E-state index contributed by atoms with van der Waals surface area (Å²) in [6.45, 7) is 6.09. The molecule has 0 fully saturated rings. The number of hydrogen-bond acceptors (Lipinski definition) is 2. The number of nitrogens with zero attached hydrogens (tertiary/aromatic N) is 1. The lowest BCUT2D eigenvalue weighted by Crippen LogP contribution is -2.22. The van der Waals surface area contributed by atoms with E-state index < -0.39 is 11.6 Å². The van der Waals surface area contributed by atoms with Crippen LogP contribution in [0.5, 0.6) is 5.75 Å². The Bertz CT molecular complexity index is 896. The van der Waals surface area contributed by atoms with Gasteiger partial charge in [-0.25, -0.2) is 8.78 Å². The summed E-state index contributed by atoms with van der Waals surface area (Å²) in [7, 11) is 1.74. The Balaban J connectivity index is 2.29. The lowest BCUT2D eigenvalue weighted by Gasteiger charge is -2.31. The average molecular weight is 418 g/mol. The van der Waals surface area contributed by atoms with Crippen LogP contribution in [0.2, 0.25) is 0 Å². The van der Waals surface area contributed by atoms with Crippen molar-refractivity contribution >= 4 is 27.2 Å². The first-order valence-corrected chi connectivity index (χ1v) is 8.95. The molecule has 0 spiro atoms. The van der Waals surface area contributed by atoms with Crippen LogP contribution < -0.4 is 4.74 Å². The molecule has 2 nitrogen and oxygen atoms in total. The molecule has 0 aliphatic carbocycles. The Labute approximate surface area is 160 Å². The molecule has 0 saturated heterocycles. The first kappa shape index (κ1) is 18.4. The highest BCUT2D eigenvalue weighted by atomic mass is 79.9. The molecule has 0 bridgehead atoms. The van der Waals surface area contributed by atoms with Crippen LogP contribution >= 0.6 is 15.9 Å². The van der Waals surface area contributed by atoms with E-state index in [1.807, 2.05) is 36.4 Å². The van der Waals surface area contributed by atoms with Crippen molar-refractivity contribution < 1.29 is 13.5 Å². The first-order chi connectivity index (χ1) is 12.4. The molecule has 1 aliphatic heterocycles. The van der Waals surface area contributed by atoms with Crippen LogP contribution in [-0.4, -0.2) is 18.6 Å². The highest BCUT2D eigenvalue weighted by Gasteiger charge is 2.27. The molecule has 26 heavy (non-hydrogen) atoms. The third-order valence-electron chi connectivity index (χ3n) is 4.19. The number of allylic oxidation sites excluding steroid dienone is 3. The van der Waals surface area contributed by atoms with Gasteiger partial charge in [0.15, 0.2) is 0 Å². The number of rotatable bonds is 4. The van der Waals surface area contributed by atoms with Crippen molar-refractivity contribution in [2.24, 2.45) is 0 Å². The van der Waals surface area contributed by atoms with Gasteiger partial charge in [0, 0.05) is 34.9 Å². The molecule has 0 unspecified atom stereocenters. The number of benzene rings is 2. The first-order valence-electron chi connectivity index (χ1n) is 8.16. The average Bonchev–Trinajstić information content (AvgIpc) is 2.62. The standard InChI is InChI=1S/C21H18BrF2NO/c1-4-26-15-10-18(23)20(19(24)11-15)21-16(14-8-6-5-7-9-14)12-17(22)13(2)25(21)3/h5-12H,2,4H2,1,3H3. The summed E-state index contributed by atoms with van der Waals surface area (Å²) >= 11 is 3.48. The topological polar surface area (TPSA) is 12.5 Å². The van der Waals surface area contributed by atoms with E-state index >= 15 is 0 Å². The normalized spacial score (nSPS) is 14.6. The SMILES string of the molecule is C=C1C(Br)=CC(c2ccccc2)=C(c2c(F)cc(OCC)cc2F)N1C. The number of halogens is 3. The molecule has 0 aromatic heterocycles. The van der Waals surface area contributed by atoms with Crippen LogP contribution in [0.15, 0.2) is 65.3 Å². The third-order valence-corrected chi connectivity index (χ3v) is 4.88. The van der Waals surface area contributed by atoms with Gasteiger partial charge in [-0.3, -0.25) is 0 Å². The molecule has 0 N–H and O–H groups in total. The second-order valence-electron chi connectivity index (χ2n) is 5.82. The third kappa shape index (κ3) is 3.31. The highest BCUT2D eigenvalue weighted by molar-refractivity contribution is 9.12. The summed E-state index contributed by atoms with van der Waals surface area (Å²) in [5.41, 5.74) is 2.49. The minimum absolute atomic E-state index is 0.104. The van der Waals surface area contributed by atoms with Crippen molar-refractivity contribution in [2.45, 2.75) is 6.92 Å². The van der Waals surface area contributed by atoms with E-state index in [-0.39, 0.29) is 11.3 Å². The maximum atomic E-state index is 14.9. The van der Waals surface area contributed by atoms with E-state index in [0.717, 1.165) is 10.0 Å². The molecule has 0 atom stereocenters. The van der Waals surface area contributed by atoms with Crippen LogP contribution in [0.4, 0.5) is 8.78 Å². The zero-order chi connectivity index (χ0) is 18.8. The maximum Gasteiger partial charge on any atom is 0.139 e. The molecule has 0 saturated carbocycles. The van der Waals surface area contributed by atoms with Gasteiger partial charge in [0.25, 0.3) is 0 Å². The molecule has 2 aromatic rings. The fourth-order valence-electron chi connectivity index (χ4n) is 2.92. The number of likely N-dealkylation sites (N-methyl/N-ethyl adjacent to an activating group) is 1. The van der Waals surface area contributed by atoms with Crippen LogP contribution in [-0.2, 0) is 0 Å². The summed E-state index contributed by atoms with van der Waals surface area (Å²) in [4.78, 5) is 1.69. The second-order valence-corrected chi connectivity index (χ2v) is 6.68. The smallest absolute Gasteiger partial charge is 0.139 e. The summed E-state index contributed by atoms with van der Waals surface area (Å²) in [6.07, 6.45) is 1.84. The lowest BCUT2D eigenvalue weighted by atomic mass is 9.94. The molecule has 1 aliphatic rings. The van der Waals surface area contributed by atoms with E-state index in [4.69, 9.17) is 4.74 Å². The van der Waals surface area contributed by atoms with E-state index in [2.05, 4.69) is 22.5 Å². The summed E-state index contributed by atoms with van der Waals surface area (Å²) in [5, 5.41) is 0. The van der Waals surface area contributed by atoms with Crippen LogP contribution in [0, 0.1) is 11.6 Å². The predicted molar refractivity (Wildman–Crippen MR) is 105 cm³/mol. The Kier molecular flexibility index (Phi) is 5.28. The summed E-state index contributed by atoms with van der Waals surface area (Å²) in [6, 6.07) is 11.9. The molecule has 0 amide bonds. The van der Waals surface area contributed by atoms with Gasteiger partial charge in [-0.15, -0.1) is 0 Å². The fraction of sp³-hybridized carbons (Fsp3) is 0.143. The van der Waals surface area contributed by atoms with Crippen LogP contribution in [0.25, 0.3) is 11.3 Å². The second kappa shape index (κ2) is 7.46. The predicted octanol–water partition coefficient (Wildman–Crippen LogP) is 5.97. The monoisotopic (exact) mass is 417 g/mol. The van der Waals surface area contributed by atoms with Gasteiger partial charge in [0.05, 0.1) is 17.9 Å². The maximum absolute atomic E-state index is 14.9. The molecule has 1 heterocycles. The molecular weight excluding hydrogens is 400 g/mol. The molecule has 3 rings (SSSR count). The molecular formula is C21H18BrF2NO.